The fourth-order valence-corrected chi connectivity index (χ4v) is 1.46. The maximum absolute atomic E-state index is 5.47. The van der Waals surface area contributed by atoms with E-state index in [1.807, 2.05) is 0 Å². The zero-order valence-corrected chi connectivity index (χ0v) is 9.51. The first-order chi connectivity index (χ1) is 5.06. The van der Waals surface area contributed by atoms with Crippen LogP contribution in [0.1, 0.15) is 33.6 Å². The van der Waals surface area contributed by atoms with Gasteiger partial charge in [0.05, 0.1) is 11.7 Å². The van der Waals surface area contributed by atoms with Crippen LogP contribution in [0.3, 0.4) is 0 Å². The molecule has 0 spiro atoms. The Kier molecular flexibility index (Phi) is 2.97. The second kappa shape index (κ2) is 3.44. The summed E-state index contributed by atoms with van der Waals surface area (Å²) in [6.07, 6.45) is 2.86. The standard InChI is InChI=1S/C9H15IO/c1-7(6-10)4-5-8-9(2,3)11-8/h6,8H,4-5H2,1-3H3/b7-6+/t8-/m0/s1. The zero-order chi connectivity index (χ0) is 8.48. The van der Waals surface area contributed by atoms with Crippen molar-refractivity contribution in [1.29, 1.82) is 0 Å². The summed E-state index contributed by atoms with van der Waals surface area (Å²) in [5, 5.41) is 0. The molecule has 0 aromatic heterocycles. The van der Waals surface area contributed by atoms with Gasteiger partial charge in [0.1, 0.15) is 0 Å². The van der Waals surface area contributed by atoms with Gasteiger partial charge in [-0.1, -0.05) is 28.2 Å². The predicted octanol–water partition coefficient (Wildman–Crippen LogP) is 3.28. The molecule has 0 amide bonds. The molecule has 1 rings (SSSR count). The number of epoxide rings is 1. The van der Waals surface area contributed by atoms with E-state index in [-0.39, 0.29) is 5.60 Å². The quantitative estimate of drug-likeness (QED) is 0.564. The Morgan fingerprint density at radius 3 is 2.55 bits per heavy atom. The van der Waals surface area contributed by atoms with Crippen molar-refractivity contribution in [2.75, 3.05) is 0 Å². The van der Waals surface area contributed by atoms with E-state index in [1.54, 1.807) is 0 Å². The maximum atomic E-state index is 5.47. The van der Waals surface area contributed by atoms with Crippen LogP contribution in [0.5, 0.6) is 0 Å². The van der Waals surface area contributed by atoms with Crippen LogP contribution in [-0.4, -0.2) is 11.7 Å². The Morgan fingerprint density at radius 1 is 1.64 bits per heavy atom. The van der Waals surface area contributed by atoms with Gasteiger partial charge in [0.2, 0.25) is 0 Å². The van der Waals surface area contributed by atoms with Crippen LogP contribution in [0.4, 0.5) is 0 Å². The van der Waals surface area contributed by atoms with E-state index < -0.39 is 0 Å². The molecule has 1 fully saturated rings. The molecule has 1 nitrogen and oxygen atoms in total. The highest BCUT2D eigenvalue weighted by Gasteiger charge is 2.46. The number of ether oxygens (including phenoxy) is 1. The lowest BCUT2D eigenvalue weighted by Gasteiger charge is -1.97. The highest BCUT2D eigenvalue weighted by Crippen LogP contribution is 2.38. The van der Waals surface area contributed by atoms with Crippen LogP contribution in [0.25, 0.3) is 0 Å². The first-order valence-corrected chi connectivity index (χ1v) is 5.24. The highest BCUT2D eigenvalue weighted by atomic mass is 127. The van der Waals surface area contributed by atoms with Crippen molar-refractivity contribution in [3.05, 3.63) is 9.66 Å². The Labute approximate surface area is 82.3 Å². The molecule has 0 unspecified atom stereocenters. The third-order valence-corrected chi connectivity index (χ3v) is 3.21. The molecule has 2 heteroatoms. The van der Waals surface area contributed by atoms with E-state index in [9.17, 15) is 0 Å². The number of allylic oxidation sites excluding steroid dienone is 1. The van der Waals surface area contributed by atoms with Gasteiger partial charge in [-0.2, -0.15) is 0 Å². The summed E-state index contributed by atoms with van der Waals surface area (Å²) in [7, 11) is 0. The van der Waals surface area contributed by atoms with E-state index in [2.05, 4.69) is 47.4 Å². The van der Waals surface area contributed by atoms with E-state index in [0.717, 1.165) is 0 Å². The third-order valence-electron chi connectivity index (χ3n) is 2.15. The van der Waals surface area contributed by atoms with Crippen molar-refractivity contribution < 1.29 is 4.74 Å². The minimum Gasteiger partial charge on any atom is -0.367 e. The molecule has 1 atom stereocenters. The van der Waals surface area contributed by atoms with Gasteiger partial charge in [0.15, 0.2) is 0 Å². The number of hydrogen-bond donors (Lipinski definition) is 0. The molecule has 0 saturated carbocycles. The van der Waals surface area contributed by atoms with Gasteiger partial charge in [-0.25, -0.2) is 0 Å². The van der Waals surface area contributed by atoms with Crippen molar-refractivity contribution >= 4 is 22.6 Å². The van der Waals surface area contributed by atoms with Gasteiger partial charge < -0.3 is 4.74 Å². The van der Waals surface area contributed by atoms with Gasteiger partial charge >= 0.3 is 0 Å². The van der Waals surface area contributed by atoms with E-state index >= 15 is 0 Å². The average Bonchev–Trinajstić information content (AvgIpc) is 2.54. The minimum atomic E-state index is 0.172. The summed E-state index contributed by atoms with van der Waals surface area (Å²) < 4.78 is 7.62. The summed E-state index contributed by atoms with van der Waals surface area (Å²) in [4.78, 5) is 0. The van der Waals surface area contributed by atoms with Gasteiger partial charge in [-0.3, -0.25) is 0 Å². The van der Waals surface area contributed by atoms with Crippen LogP contribution in [0, 0.1) is 0 Å². The minimum absolute atomic E-state index is 0.172. The fourth-order valence-electron chi connectivity index (χ4n) is 1.15. The van der Waals surface area contributed by atoms with Crippen molar-refractivity contribution in [3.63, 3.8) is 0 Å². The first-order valence-electron chi connectivity index (χ1n) is 4.00. The molecule has 1 heterocycles. The van der Waals surface area contributed by atoms with Gasteiger partial charge in [-0.05, 0) is 37.7 Å². The number of halogens is 1. The topological polar surface area (TPSA) is 12.5 Å². The van der Waals surface area contributed by atoms with Crippen molar-refractivity contribution in [1.82, 2.24) is 0 Å². The summed E-state index contributed by atoms with van der Waals surface area (Å²) in [6, 6.07) is 0. The van der Waals surface area contributed by atoms with E-state index in [4.69, 9.17) is 4.74 Å². The molecule has 0 radical (unpaired) electrons. The summed E-state index contributed by atoms with van der Waals surface area (Å²) >= 11 is 2.29. The average molecular weight is 266 g/mol. The molecule has 1 saturated heterocycles. The Morgan fingerprint density at radius 2 is 2.18 bits per heavy atom. The smallest absolute Gasteiger partial charge is 0.0892 e. The Hall–Kier alpha value is 0.430. The monoisotopic (exact) mass is 266 g/mol. The number of rotatable bonds is 3. The molecule has 0 aliphatic carbocycles. The summed E-state index contributed by atoms with van der Waals surface area (Å²) in [5.41, 5.74) is 1.63. The van der Waals surface area contributed by atoms with Crippen LogP contribution < -0.4 is 0 Å². The van der Waals surface area contributed by atoms with Gasteiger partial charge in [-0.15, -0.1) is 0 Å². The maximum Gasteiger partial charge on any atom is 0.0892 e. The molecule has 1 aliphatic heterocycles. The molecule has 0 N–H and O–H groups in total. The van der Waals surface area contributed by atoms with Crippen LogP contribution in [0.2, 0.25) is 0 Å². The molecule has 0 aromatic carbocycles. The molecule has 0 aromatic rings. The molecule has 1 aliphatic rings. The molecular formula is C9H15IO. The Balaban J connectivity index is 2.16. The molecular weight excluding hydrogens is 251 g/mol. The van der Waals surface area contributed by atoms with Crippen molar-refractivity contribution in [2.24, 2.45) is 0 Å². The Bertz CT molecular complexity index is 172. The second-order valence-corrected chi connectivity index (χ2v) is 4.33. The predicted molar refractivity (Wildman–Crippen MR) is 56.0 cm³/mol. The van der Waals surface area contributed by atoms with E-state index in [1.165, 1.54) is 18.4 Å². The second-order valence-electron chi connectivity index (χ2n) is 3.70. The SMILES string of the molecule is C/C(=C\I)CC[C@@H]1OC1(C)C. The first kappa shape index (κ1) is 9.52. The zero-order valence-electron chi connectivity index (χ0n) is 7.36. The molecule has 11 heavy (non-hydrogen) atoms. The van der Waals surface area contributed by atoms with Gasteiger partial charge in [0, 0.05) is 0 Å². The van der Waals surface area contributed by atoms with Gasteiger partial charge in [0.25, 0.3) is 0 Å². The van der Waals surface area contributed by atoms with Crippen molar-refractivity contribution in [2.45, 2.75) is 45.3 Å². The normalized spacial score (nSPS) is 28.7. The number of hydrogen-bond acceptors (Lipinski definition) is 1. The summed E-state index contributed by atoms with van der Waals surface area (Å²) in [6.45, 7) is 6.48. The fraction of sp³-hybridized carbons (Fsp3) is 0.778. The highest BCUT2D eigenvalue weighted by molar-refractivity contribution is 14.1. The van der Waals surface area contributed by atoms with Crippen molar-refractivity contribution in [3.8, 4) is 0 Å². The lowest BCUT2D eigenvalue weighted by molar-refractivity contribution is 0.320. The molecule has 64 valence electrons. The van der Waals surface area contributed by atoms with Crippen LogP contribution in [0.15, 0.2) is 9.66 Å². The molecule has 0 bridgehead atoms. The van der Waals surface area contributed by atoms with E-state index in [0.29, 0.717) is 6.10 Å². The largest absolute Gasteiger partial charge is 0.367 e. The lowest BCUT2D eigenvalue weighted by Crippen LogP contribution is -2.02. The van der Waals surface area contributed by atoms with Crippen LogP contribution in [-0.2, 0) is 4.74 Å². The lowest BCUT2D eigenvalue weighted by atomic mass is 10.0. The van der Waals surface area contributed by atoms with Crippen LogP contribution >= 0.6 is 22.6 Å². The summed E-state index contributed by atoms with van der Waals surface area (Å²) in [5.74, 6) is 0. The third kappa shape index (κ3) is 2.75.